The van der Waals surface area contributed by atoms with Gasteiger partial charge in [-0.3, -0.25) is 4.21 Å². The monoisotopic (exact) mass is 283 g/mol. The van der Waals surface area contributed by atoms with E-state index in [0.717, 1.165) is 5.56 Å². The molecule has 2 aromatic carbocycles. The summed E-state index contributed by atoms with van der Waals surface area (Å²) in [4.78, 5) is 0.490. The first-order valence-electron chi connectivity index (χ1n) is 5.25. The summed E-state index contributed by atoms with van der Waals surface area (Å²) >= 11 is 5.66. The number of halogens is 2. The van der Waals surface area contributed by atoms with Gasteiger partial charge in [0.05, 0.1) is 21.6 Å². The summed E-state index contributed by atoms with van der Waals surface area (Å²) in [7, 11) is -1.29. The summed E-state index contributed by atoms with van der Waals surface area (Å²) in [5.74, 6) is -0.231. The second-order valence-corrected chi connectivity index (χ2v) is 5.62. The van der Waals surface area contributed by atoms with Crippen molar-refractivity contribution >= 4 is 28.1 Å². The summed E-state index contributed by atoms with van der Waals surface area (Å²) in [6.45, 7) is 0. The zero-order valence-electron chi connectivity index (χ0n) is 9.40. The normalized spacial score (nSPS) is 12.3. The van der Waals surface area contributed by atoms with E-state index in [1.54, 1.807) is 6.07 Å². The predicted molar refractivity (Wildman–Crippen MR) is 72.4 cm³/mol. The van der Waals surface area contributed by atoms with E-state index < -0.39 is 16.6 Å². The van der Waals surface area contributed by atoms with Crippen LogP contribution in [-0.2, 0) is 16.6 Å². The van der Waals surface area contributed by atoms with Gasteiger partial charge in [-0.1, -0.05) is 29.8 Å². The third-order valence-corrected chi connectivity index (χ3v) is 4.14. The van der Waals surface area contributed by atoms with Crippen molar-refractivity contribution in [3.8, 4) is 0 Å². The van der Waals surface area contributed by atoms with Gasteiger partial charge in [0.2, 0.25) is 0 Å². The molecule has 0 spiro atoms. The van der Waals surface area contributed by atoms with Crippen LogP contribution < -0.4 is 5.73 Å². The fourth-order valence-corrected chi connectivity index (χ4v) is 2.94. The van der Waals surface area contributed by atoms with Crippen molar-refractivity contribution < 1.29 is 8.60 Å². The van der Waals surface area contributed by atoms with Crippen molar-refractivity contribution in [2.24, 2.45) is 0 Å². The molecule has 18 heavy (non-hydrogen) atoms. The third-order valence-electron chi connectivity index (χ3n) is 2.50. The number of nitrogen functional groups attached to an aromatic ring is 1. The van der Waals surface area contributed by atoms with Gasteiger partial charge in [0, 0.05) is 10.6 Å². The Morgan fingerprint density at radius 2 is 1.94 bits per heavy atom. The Balaban J connectivity index is 2.22. The van der Waals surface area contributed by atoms with Gasteiger partial charge in [-0.15, -0.1) is 0 Å². The van der Waals surface area contributed by atoms with E-state index in [0.29, 0.717) is 10.6 Å². The Kier molecular flexibility index (Phi) is 3.99. The minimum Gasteiger partial charge on any atom is -0.398 e. The van der Waals surface area contributed by atoms with Crippen LogP contribution in [0.25, 0.3) is 0 Å². The van der Waals surface area contributed by atoms with Crippen LogP contribution in [-0.4, -0.2) is 4.21 Å². The van der Waals surface area contributed by atoms with Crippen LogP contribution in [0.1, 0.15) is 5.56 Å². The smallest absolute Gasteiger partial charge is 0.141 e. The molecule has 0 saturated carbocycles. The summed E-state index contributed by atoms with van der Waals surface area (Å²) in [6, 6.07) is 11.3. The van der Waals surface area contributed by atoms with Crippen molar-refractivity contribution in [3.05, 3.63) is 58.9 Å². The van der Waals surface area contributed by atoms with Gasteiger partial charge < -0.3 is 5.73 Å². The average molecular weight is 284 g/mol. The SMILES string of the molecule is Nc1ccccc1CS(=O)c1ccc(F)c(Cl)c1. The van der Waals surface area contributed by atoms with E-state index in [2.05, 4.69) is 0 Å². The minimum atomic E-state index is -1.29. The lowest BCUT2D eigenvalue weighted by Crippen LogP contribution is -2.00. The highest BCUT2D eigenvalue weighted by atomic mass is 35.5. The Morgan fingerprint density at radius 1 is 1.22 bits per heavy atom. The molecule has 94 valence electrons. The summed E-state index contributed by atoms with van der Waals surface area (Å²) in [5.41, 5.74) is 7.18. The molecule has 0 fully saturated rings. The van der Waals surface area contributed by atoms with Crippen LogP contribution in [0.2, 0.25) is 5.02 Å². The van der Waals surface area contributed by atoms with Crippen molar-refractivity contribution in [1.82, 2.24) is 0 Å². The van der Waals surface area contributed by atoms with Crippen LogP contribution in [0, 0.1) is 5.82 Å². The second kappa shape index (κ2) is 5.50. The molecular formula is C13H11ClFNOS. The highest BCUT2D eigenvalue weighted by Gasteiger charge is 2.09. The number of para-hydroxylation sites is 1. The Labute approximate surface area is 112 Å². The second-order valence-electron chi connectivity index (χ2n) is 3.76. The average Bonchev–Trinajstić information content (AvgIpc) is 2.35. The molecule has 1 unspecified atom stereocenters. The van der Waals surface area contributed by atoms with E-state index in [9.17, 15) is 8.60 Å². The van der Waals surface area contributed by atoms with E-state index in [1.807, 2.05) is 18.2 Å². The zero-order valence-corrected chi connectivity index (χ0v) is 11.0. The molecule has 2 aromatic rings. The zero-order chi connectivity index (χ0) is 13.1. The van der Waals surface area contributed by atoms with E-state index >= 15 is 0 Å². The standard InChI is InChI=1S/C13H11ClFNOS/c14-11-7-10(5-6-12(11)15)18(17)8-9-3-1-2-4-13(9)16/h1-7H,8,16H2. The maximum absolute atomic E-state index is 13.0. The van der Waals surface area contributed by atoms with E-state index in [-0.39, 0.29) is 10.8 Å². The molecule has 2 N–H and O–H groups in total. The number of hydrogen-bond donors (Lipinski definition) is 1. The van der Waals surface area contributed by atoms with Gasteiger partial charge in [0.25, 0.3) is 0 Å². The molecule has 5 heteroatoms. The molecule has 0 bridgehead atoms. The van der Waals surface area contributed by atoms with Crippen molar-refractivity contribution in [1.29, 1.82) is 0 Å². The quantitative estimate of drug-likeness (QED) is 0.878. The lowest BCUT2D eigenvalue weighted by molar-refractivity contribution is 0.626. The fourth-order valence-electron chi connectivity index (χ4n) is 1.51. The molecule has 2 rings (SSSR count). The maximum Gasteiger partial charge on any atom is 0.141 e. The molecule has 0 aliphatic carbocycles. The molecule has 0 aliphatic heterocycles. The Morgan fingerprint density at radius 3 is 2.61 bits per heavy atom. The lowest BCUT2D eigenvalue weighted by Gasteiger charge is -2.06. The van der Waals surface area contributed by atoms with Crippen LogP contribution in [0.4, 0.5) is 10.1 Å². The van der Waals surface area contributed by atoms with Gasteiger partial charge in [0.15, 0.2) is 0 Å². The Hall–Kier alpha value is -1.39. The first kappa shape index (κ1) is 13.1. The molecule has 0 amide bonds. The largest absolute Gasteiger partial charge is 0.398 e. The minimum absolute atomic E-state index is 0.0260. The van der Waals surface area contributed by atoms with Gasteiger partial charge in [-0.05, 0) is 29.8 Å². The van der Waals surface area contributed by atoms with Crippen molar-refractivity contribution in [3.63, 3.8) is 0 Å². The van der Waals surface area contributed by atoms with E-state index in [1.165, 1.54) is 18.2 Å². The predicted octanol–water partition coefficient (Wildman–Crippen LogP) is 3.37. The number of nitrogens with two attached hydrogens (primary N) is 1. The fraction of sp³-hybridized carbons (Fsp3) is 0.0769. The van der Waals surface area contributed by atoms with Crippen LogP contribution in [0.15, 0.2) is 47.4 Å². The lowest BCUT2D eigenvalue weighted by atomic mass is 10.2. The summed E-state index contributed by atoms with van der Waals surface area (Å²) < 4.78 is 25.1. The van der Waals surface area contributed by atoms with Crippen LogP contribution in [0.5, 0.6) is 0 Å². The highest BCUT2D eigenvalue weighted by Crippen LogP contribution is 2.21. The number of benzene rings is 2. The Bertz CT molecular complexity index is 603. The highest BCUT2D eigenvalue weighted by molar-refractivity contribution is 7.84. The molecule has 0 saturated heterocycles. The van der Waals surface area contributed by atoms with Gasteiger partial charge >= 0.3 is 0 Å². The van der Waals surface area contributed by atoms with Gasteiger partial charge in [-0.25, -0.2) is 4.39 Å². The van der Waals surface area contributed by atoms with Crippen molar-refractivity contribution in [2.45, 2.75) is 10.6 Å². The number of anilines is 1. The molecular weight excluding hydrogens is 273 g/mol. The summed E-state index contributed by atoms with van der Waals surface area (Å²) in [6.07, 6.45) is 0. The van der Waals surface area contributed by atoms with Gasteiger partial charge in [-0.2, -0.15) is 0 Å². The number of rotatable bonds is 3. The first-order chi connectivity index (χ1) is 8.58. The molecule has 0 radical (unpaired) electrons. The molecule has 0 aromatic heterocycles. The van der Waals surface area contributed by atoms with Crippen molar-refractivity contribution in [2.75, 3.05) is 5.73 Å². The number of hydrogen-bond acceptors (Lipinski definition) is 2. The molecule has 1 atom stereocenters. The third kappa shape index (κ3) is 2.89. The molecule has 0 aliphatic rings. The molecule has 2 nitrogen and oxygen atoms in total. The van der Waals surface area contributed by atoms with Crippen LogP contribution >= 0.6 is 11.6 Å². The van der Waals surface area contributed by atoms with E-state index in [4.69, 9.17) is 17.3 Å². The first-order valence-corrected chi connectivity index (χ1v) is 6.94. The maximum atomic E-state index is 13.0. The van der Waals surface area contributed by atoms with Crippen LogP contribution in [0.3, 0.4) is 0 Å². The molecule has 0 heterocycles. The topological polar surface area (TPSA) is 43.1 Å². The van der Waals surface area contributed by atoms with Gasteiger partial charge in [0.1, 0.15) is 5.82 Å². The summed E-state index contributed by atoms with van der Waals surface area (Å²) in [5, 5.41) is -0.0260.